The number of carbonyl (C=O) groups excluding carboxylic acids is 1. The van der Waals surface area contributed by atoms with Gasteiger partial charge < -0.3 is 34.3 Å². The Labute approximate surface area is 196 Å². The Kier molecular flexibility index (Phi) is 7.91. The average molecular weight is 472 g/mol. The van der Waals surface area contributed by atoms with Crippen molar-refractivity contribution >= 4 is 17.5 Å². The minimum absolute atomic E-state index is 0.0548. The molecule has 180 valence electrons. The van der Waals surface area contributed by atoms with Gasteiger partial charge in [0.2, 0.25) is 11.7 Å². The van der Waals surface area contributed by atoms with Crippen LogP contribution in [0.5, 0.6) is 28.7 Å². The third kappa shape index (κ3) is 5.37. The minimum atomic E-state index is -0.614. The molecule has 0 atom stereocenters. The third-order valence-electron chi connectivity index (χ3n) is 4.77. The summed E-state index contributed by atoms with van der Waals surface area (Å²) in [5, 5.41) is 5.53. The number of methoxy groups -OCH3 is 4. The molecule has 2 N–H and O–H groups in total. The molecular formula is C23H25FN4O6. The second kappa shape index (κ2) is 11.0. The average Bonchev–Trinajstić information content (AvgIpc) is 2.87. The third-order valence-corrected chi connectivity index (χ3v) is 4.77. The lowest BCUT2D eigenvalue weighted by Gasteiger charge is -2.14. The van der Waals surface area contributed by atoms with Crippen molar-refractivity contribution in [3.8, 4) is 28.7 Å². The molecule has 0 saturated carbocycles. The standard InChI is InChI=1S/C23H25FN4O6/c1-25-22(29)13-6-14(20(24)17(7-13)30-2)12-34-16-10-26-23(27-11-16)28-15-8-18(31-3)21(33-5)19(9-15)32-4/h6-11H,12H2,1-5H3,(H,25,29)(H,26,27,28). The molecule has 0 fully saturated rings. The van der Waals surface area contributed by atoms with E-state index in [1.807, 2.05) is 0 Å². The second-order valence-electron chi connectivity index (χ2n) is 6.80. The Balaban J connectivity index is 1.73. The van der Waals surface area contributed by atoms with Gasteiger partial charge in [0.25, 0.3) is 5.91 Å². The lowest BCUT2D eigenvalue weighted by molar-refractivity contribution is 0.0962. The van der Waals surface area contributed by atoms with Crippen LogP contribution in [-0.2, 0) is 6.61 Å². The van der Waals surface area contributed by atoms with Crippen molar-refractivity contribution in [3.63, 3.8) is 0 Å². The largest absolute Gasteiger partial charge is 0.494 e. The highest BCUT2D eigenvalue weighted by molar-refractivity contribution is 5.94. The number of hydrogen-bond donors (Lipinski definition) is 2. The number of benzene rings is 2. The van der Waals surface area contributed by atoms with Crippen LogP contribution < -0.4 is 34.3 Å². The van der Waals surface area contributed by atoms with Crippen molar-refractivity contribution in [2.45, 2.75) is 6.61 Å². The van der Waals surface area contributed by atoms with Gasteiger partial charge in [-0.1, -0.05) is 0 Å². The molecule has 0 saturated heterocycles. The zero-order chi connectivity index (χ0) is 24.7. The summed E-state index contributed by atoms with van der Waals surface area (Å²) in [4.78, 5) is 20.4. The molecule has 10 nitrogen and oxygen atoms in total. The van der Waals surface area contributed by atoms with E-state index in [9.17, 15) is 9.18 Å². The van der Waals surface area contributed by atoms with E-state index in [2.05, 4.69) is 20.6 Å². The highest BCUT2D eigenvalue weighted by Gasteiger charge is 2.16. The van der Waals surface area contributed by atoms with Crippen LogP contribution in [0.15, 0.2) is 36.7 Å². The van der Waals surface area contributed by atoms with Gasteiger partial charge in [0.1, 0.15) is 6.61 Å². The maximum atomic E-state index is 14.6. The van der Waals surface area contributed by atoms with Gasteiger partial charge in [-0.05, 0) is 12.1 Å². The molecule has 0 unspecified atom stereocenters. The normalized spacial score (nSPS) is 10.3. The Morgan fingerprint density at radius 2 is 1.53 bits per heavy atom. The molecule has 0 aliphatic heterocycles. The summed E-state index contributed by atoms with van der Waals surface area (Å²) >= 11 is 0. The summed E-state index contributed by atoms with van der Waals surface area (Å²) in [6, 6.07) is 6.15. The van der Waals surface area contributed by atoms with Crippen LogP contribution in [0.2, 0.25) is 0 Å². The Morgan fingerprint density at radius 1 is 0.912 bits per heavy atom. The summed E-state index contributed by atoms with van der Waals surface area (Å²) in [6.07, 6.45) is 2.87. The van der Waals surface area contributed by atoms with Gasteiger partial charge in [-0.25, -0.2) is 14.4 Å². The molecule has 3 rings (SSSR count). The maximum absolute atomic E-state index is 14.6. The first-order valence-electron chi connectivity index (χ1n) is 10.0. The van der Waals surface area contributed by atoms with Gasteiger partial charge in [-0.3, -0.25) is 4.79 Å². The number of nitrogens with one attached hydrogen (secondary N) is 2. The highest BCUT2D eigenvalue weighted by Crippen LogP contribution is 2.40. The lowest BCUT2D eigenvalue weighted by atomic mass is 10.1. The van der Waals surface area contributed by atoms with E-state index in [-0.39, 0.29) is 35.3 Å². The van der Waals surface area contributed by atoms with E-state index in [1.165, 1.54) is 60.0 Å². The summed E-state index contributed by atoms with van der Waals surface area (Å²) in [5.41, 5.74) is 1.02. The zero-order valence-electron chi connectivity index (χ0n) is 19.4. The first-order chi connectivity index (χ1) is 16.4. The number of aromatic nitrogens is 2. The number of nitrogens with zero attached hydrogens (tertiary/aromatic N) is 2. The lowest BCUT2D eigenvalue weighted by Crippen LogP contribution is -2.18. The van der Waals surface area contributed by atoms with E-state index < -0.39 is 5.82 Å². The molecule has 0 aliphatic carbocycles. The van der Waals surface area contributed by atoms with Gasteiger partial charge in [0, 0.05) is 36.0 Å². The molecule has 3 aromatic rings. The smallest absolute Gasteiger partial charge is 0.251 e. The van der Waals surface area contributed by atoms with Crippen molar-refractivity contribution in [2.75, 3.05) is 40.8 Å². The molecule has 34 heavy (non-hydrogen) atoms. The van der Waals surface area contributed by atoms with Gasteiger partial charge in [0.15, 0.2) is 28.8 Å². The van der Waals surface area contributed by atoms with Crippen molar-refractivity contribution in [1.29, 1.82) is 0 Å². The molecule has 0 bridgehead atoms. The second-order valence-corrected chi connectivity index (χ2v) is 6.80. The van der Waals surface area contributed by atoms with Crippen molar-refractivity contribution in [1.82, 2.24) is 15.3 Å². The van der Waals surface area contributed by atoms with E-state index in [1.54, 1.807) is 12.1 Å². The molecule has 1 aromatic heterocycles. The number of amides is 1. The zero-order valence-corrected chi connectivity index (χ0v) is 19.4. The number of ether oxygens (including phenoxy) is 5. The topological polar surface area (TPSA) is 113 Å². The number of carbonyl (C=O) groups is 1. The highest BCUT2D eigenvalue weighted by atomic mass is 19.1. The Hall–Kier alpha value is -4.28. The van der Waals surface area contributed by atoms with Crippen LogP contribution in [0.1, 0.15) is 15.9 Å². The summed E-state index contributed by atoms with van der Waals surface area (Å²) in [6.45, 7) is -0.157. The van der Waals surface area contributed by atoms with Crippen molar-refractivity contribution < 1.29 is 32.9 Å². The summed E-state index contributed by atoms with van der Waals surface area (Å²) in [5.74, 6) is 0.962. The fraction of sp³-hybridized carbons (Fsp3) is 0.261. The first-order valence-corrected chi connectivity index (χ1v) is 10.0. The summed E-state index contributed by atoms with van der Waals surface area (Å²) < 4.78 is 41.2. The summed E-state index contributed by atoms with van der Waals surface area (Å²) in [7, 11) is 7.37. The SMILES string of the molecule is CNC(=O)c1cc(COc2cnc(Nc3cc(OC)c(OC)c(OC)c3)nc2)c(F)c(OC)c1. The van der Waals surface area contributed by atoms with Crippen molar-refractivity contribution in [2.24, 2.45) is 0 Å². The molecule has 0 radical (unpaired) electrons. The molecule has 1 amide bonds. The number of hydrogen-bond acceptors (Lipinski definition) is 9. The number of halogens is 1. The predicted molar refractivity (Wildman–Crippen MR) is 122 cm³/mol. The van der Waals surface area contributed by atoms with Crippen molar-refractivity contribution in [3.05, 3.63) is 53.6 Å². The Morgan fingerprint density at radius 3 is 2.06 bits per heavy atom. The van der Waals surface area contributed by atoms with E-state index in [4.69, 9.17) is 23.7 Å². The number of rotatable bonds is 10. The van der Waals surface area contributed by atoms with Crippen LogP contribution in [0.3, 0.4) is 0 Å². The van der Waals surface area contributed by atoms with E-state index in [0.29, 0.717) is 28.7 Å². The minimum Gasteiger partial charge on any atom is -0.494 e. The number of anilines is 2. The fourth-order valence-corrected chi connectivity index (χ4v) is 3.08. The monoisotopic (exact) mass is 472 g/mol. The molecule has 11 heteroatoms. The molecule has 2 aromatic carbocycles. The van der Waals surface area contributed by atoms with Crippen LogP contribution in [-0.4, -0.2) is 51.4 Å². The predicted octanol–water partition coefficient (Wildman–Crippen LogP) is 3.33. The quantitative estimate of drug-likeness (QED) is 0.459. The fourth-order valence-electron chi connectivity index (χ4n) is 3.08. The van der Waals surface area contributed by atoms with Crippen LogP contribution in [0, 0.1) is 5.82 Å². The van der Waals surface area contributed by atoms with Crippen LogP contribution in [0.4, 0.5) is 16.0 Å². The van der Waals surface area contributed by atoms with E-state index in [0.717, 1.165) is 0 Å². The van der Waals surface area contributed by atoms with Gasteiger partial charge in [-0.2, -0.15) is 0 Å². The molecule has 0 spiro atoms. The van der Waals surface area contributed by atoms with Gasteiger partial charge >= 0.3 is 0 Å². The Bertz CT molecular complexity index is 1130. The van der Waals surface area contributed by atoms with E-state index >= 15 is 0 Å². The van der Waals surface area contributed by atoms with Crippen LogP contribution in [0.25, 0.3) is 0 Å². The maximum Gasteiger partial charge on any atom is 0.251 e. The molecular weight excluding hydrogens is 447 g/mol. The first kappa shape index (κ1) is 24.4. The van der Waals surface area contributed by atoms with Crippen LogP contribution >= 0.6 is 0 Å². The van der Waals surface area contributed by atoms with Gasteiger partial charge in [-0.15, -0.1) is 0 Å². The molecule has 0 aliphatic rings. The molecule has 1 heterocycles. The van der Waals surface area contributed by atoms with Gasteiger partial charge in [0.05, 0.1) is 40.8 Å².